The summed E-state index contributed by atoms with van der Waals surface area (Å²) in [6, 6.07) is 7.40. The van der Waals surface area contributed by atoms with Crippen LogP contribution in [0.4, 0.5) is 10.6 Å². The van der Waals surface area contributed by atoms with Crippen molar-refractivity contribution >= 4 is 27.8 Å². The van der Waals surface area contributed by atoms with E-state index in [-0.39, 0.29) is 6.03 Å². The van der Waals surface area contributed by atoms with Crippen molar-refractivity contribution in [2.75, 3.05) is 11.9 Å². The zero-order valence-corrected chi connectivity index (χ0v) is 16.3. The van der Waals surface area contributed by atoms with Crippen LogP contribution in [0.1, 0.15) is 23.0 Å². The molecule has 136 valence electrons. The maximum absolute atomic E-state index is 12.3. The van der Waals surface area contributed by atoms with Crippen LogP contribution in [-0.4, -0.2) is 32.5 Å². The number of amides is 2. The van der Waals surface area contributed by atoms with Crippen LogP contribution in [0, 0.1) is 20.8 Å². The molecule has 2 heterocycles. The van der Waals surface area contributed by atoms with Crippen LogP contribution >= 0.6 is 15.9 Å². The Labute approximate surface area is 159 Å². The molecule has 2 amide bonds. The van der Waals surface area contributed by atoms with Crippen LogP contribution in [0.15, 0.2) is 33.3 Å². The first-order valence-electron chi connectivity index (χ1n) is 8.10. The maximum Gasteiger partial charge on any atom is 0.320 e. The topological polar surface area (TPSA) is 97.9 Å². The summed E-state index contributed by atoms with van der Waals surface area (Å²) in [7, 11) is 0. The third-order valence-electron chi connectivity index (χ3n) is 3.86. The van der Waals surface area contributed by atoms with Gasteiger partial charge in [-0.05, 0) is 45.0 Å². The SMILES string of the molecule is Cc1noc(CCNC(=O)Nc2c(C)c(C)nn2-c2ccc(Br)cc2)n1. The molecule has 26 heavy (non-hydrogen) atoms. The van der Waals surface area contributed by atoms with Crippen molar-refractivity contribution in [2.45, 2.75) is 27.2 Å². The van der Waals surface area contributed by atoms with Gasteiger partial charge in [-0.15, -0.1) is 0 Å². The second kappa shape index (κ2) is 7.69. The van der Waals surface area contributed by atoms with Gasteiger partial charge >= 0.3 is 6.03 Å². The van der Waals surface area contributed by atoms with E-state index in [0.717, 1.165) is 21.4 Å². The van der Waals surface area contributed by atoms with Gasteiger partial charge in [0.1, 0.15) is 5.82 Å². The first-order chi connectivity index (χ1) is 12.4. The number of hydrogen-bond donors (Lipinski definition) is 2. The maximum atomic E-state index is 12.3. The number of nitrogens with one attached hydrogen (secondary N) is 2. The monoisotopic (exact) mass is 418 g/mol. The van der Waals surface area contributed by atoms with E-state index >= 15 is 0 Å². The summed E-state index contributed by atoms with van der Waals surface area (Å²) in [5.74, 6) is 1.71. The van der Waals surface area contributed by atoms with Crippen LogP contribution in [0.25, 0.3) is 5.69 Å². The summed E-state index contributed by atoms with van der Waals surface area (Å²) in [6.07, 6.45) is 0.470. The minimum atomic E-state index is -0.317. The van der Waals surface area contributed by atoms with Crippen molar-refractivity contribution in [3.05, 3.63) is 51.7 Å². The highest BCUT2D eigenvalue weighted by molar-refractivity contribution is 9.10. The molecule has 0 atom stereocenters. The van der Waals surface area contributed by atoms with Crippen LogP contribution in [0.5, 0.6) is 0 Å². The summed E-state index contributed by atoms with van der Waals surface area (Å²) in [4.78, 5) is 16.4. The third kappa shape index (κ3) is 4.10. The summed E-state index contributed by atoms with van der Waals surface area (Å²) < 4.78 is 7.72. The highest BCUT2D eigenvalue weighted by atomic mass is 79.9. The van der Waals surface area contributed by atoms with E-state index in [9.17, 15) is 4.79 Å². The molecule has 0 aliphatic rings. The van der Waals surface area contributed by atoms with E-state index < -0.39 is 0 Å². The molecule has 0 fully saturated rings. The Morgan fingerprint density at radius 1 is 1.23 bits per heavy atom. The lowest BCUT2D eigenvalue weighted by atomic mass is 10.2. The van der Waals surface area contributed by atoms with E-state index in [1.54, 1.807) is 11.6 Å². The third-order valence-corrected chi connectivity index (χ3v) is 4.39. The van der Waals surface area contributed by atoms with Crippen molar-refractivity contribution in [2.24, 2.45) is 0 Å². The molecule has 0 unspecified atom stereocenters. The number of aromatic nitrogens is 4. The zero-order valence-electron chi connectivity index (χ0n) is 14.7. The smallest absolute Gasteiger partial charge is 0.320 e. The van der Waals surface area contributed by atoms with E-state index in [4.69, 9.17) is 4.52 Å². The van der Waals surface area contributed by atoms with Gasteiger partial charge in [-0.25, -0.2) is 9.48 Å². The first kappa shape index (κ1) is 18.1. The molecule has 3 aromatic rings. The van der Waals surface area contributed by atoms with Crippen LogP contribution < -0.4 is 10.6 Å². The molecule has 0 aliphatic heterocycles. The molecule has 8 nitrogen and oxygen atoms in total. The molecular weight excluding hydrogens is 400 g/mol. The Kier molecular flexibility index (Phi) is 5.36. The molecule has 2 aromatic heterocycles. The van der Waals surface area contributed by atoms with Gasteiger partial charge in [0.25, 0.3) is 0 Å². The van der Waals surface area contributed by atoms with E-state index in [2.05, 4.69) is 41.8 Å². The van der Waals surface area contributed by atoms with E-state index in [1.165, 1.54) is 0 Å². The predicted molar refractivity (Wildman–Crippen MR) is 100 cm³/mol. The van der Waals surface area contributed by atoms with Crippen molar-refractivity contribution in [1.82, 2.24) is 25.2 Å². The highest BCUT2D eigenvalue weighted by Gasteiger charge is 2.15. The van der Waals surface area contributed by atoms with Gasteiger partial charge in [0.2, 0.25) is 5.89 Å². The minimum Gasteiger partial charge on any atom is -0.339 e. The number of benzene rings is 1. The number of halogens is 1. The molecule has 3 rings (SSSR count). The molecule has 0 aliphatic carbocycles. The van der Waals surface area contributed by atoms with Crippen molar-refractivity contribution < 1.29 is 9.32 Å². The lowest BCUT2D eigenvalue weighted by Crippen LogP contribution is -2.31. The van der Waals surface area contributed by atoms with Crippen molar-refractivity contribution in [3.8, 4) is 5.69 Å². The Morgan fingerprint density at radius 3 is 2.62 bits per heavy atom. The number of hydrogen-bond acceptors (Lipinski definition) is 5. The number of carbonyl (C=O) groups excluding carboxylic acids is 1. The molecule has 0 bridgehead atoms. The molecule has 9 heteroatoms. The fraction of sp³-hybridized carbons (Fsp3) is 0.294. The molecular formula is C17H19BrN6O2. The Bertz CT molecular complexity index is 916. The highest BCUT2D eigenvalue weighted by Crippen LogP contribution is 2.23. The second-order valence-electron chi connectivity index (χ2n) is 5.81. The molecule has 0 radical (unpaired) electrons. The fourth-order valence-corrected chi connectivity index (χ4v) is 2.66. The number of anilines is 1. The van der Waals surface area contributed by atoms with Gasteiger partial charge in [0, 0.05) is 23.0 Å². The Hall–Kier alpha value is -2.68. The zero-order chi connectivity index (χ0) is 18.7. The molecule has 0 saturated carbocycles. The standard InChI is InChI=1S/C17H19BrN6O2/c1-10-11(2)22-24(14-6-4-13(18)5-7-14)16(10)21-17(25)19-9-8-15-20-12(3)23-26-15/h4-7H,8-9H2,1-3H3,(H2,19,21,25). The molecule has 1 aromatic carbocycles. The number of carbonyl (C=O) groups is 1. The van der Waals surface area contributed by atoms with Crippen molar-refractivity contribution in [3.63, 3.8) is 0 Å². The Balaban J connectivity index is 1.68. The van der Waals surface area contributed by atoms with Gasteiger partial charge in [-0.1, -0.05) is 21.1 Å². The number of aryl methyl sites for hydroxylation is 2. The lowest BCUT2D eigenvalue weighted by Gasteiger charge is -2.11. The molecule has 2 N–H and O–H groups in total. The van der Waals surface area contributed by atoms with Gasteiger partial charge in [-0.2, -0.15) is 10.1 Å². The van der Waals surface area contributed by atoms with Gasteiger partial charge in [0.05, 0.1) is 11.4 Å². The lowest BCUT2D eigenvalue weighted by molar-refractivity contribution is 0.251. The minimum absolute atomic E-state index is 0.317. The van der Waals surface area contributed by atoms with Gasteiger partial charge < -0.3 is 9.84 Å². The average Bonchev–Trinajstić information content (AvgIpc) is 3.14. The van der Waals surface area contributed by atoms with E-state index in [0.29, 0.717) is 30.5 Å². The largest absolute Gasteiger partial charge is 0.339 e. The predicted octanol–water partition coefficient (Wildman–Crippen LogP) is 3.31. The van der Waals surface area contributed by atoms with E-state index in [1.807, 2.05) is 38.1 Å². The van der Waals surface area contributed by atoms with Gasteiger partial charge in [0.15, 0.2) is 5.82 Å². The van der Waals surface area contributed by atoms with Crippen LogP contribution in [0.3, 0.4) is 0 Å². The number of nitrogens with zero attached hydrogens (tertiary/aromatic N) is 4. The normalized spacial score (nSPS) is 10.8. The van der Waals surface area contributed by atoms with Crippen LogP contribution in [-0.2, 0) is 6.42 Å². The summed E-state index contributed by atoms with van der Waals surface area (Å²) in [6.45, 7) is 5.97. The number of urea groups is 1. The fourth-order valence-electron chi connectivity index (χ4n) is 2.40. The summed E-state index contributed by atoms with van der Waals surface area (Å²) >= 11 is 3.42. The first-order valence-corrected chi connectivity index (χ1v) is 8.89. The van der Waals surface area contributed by atoms with Gasteiger partial charge in [-0.3, -0.25) is 5.32 Å². The second-order valence-corrected chi connectivity index (χ2v) is 6.73. The summed E-state index contributed by atoms with van der Waals surface area (Å²) in [5, 5.41) is 13.9. The quantitative estimate of drug-likeness (QED) is 0.661. The molecule has 0 saturated heterocycles. The van der Waals surface area contributed by atoms with Crippen LogP contribution in [0.2, 0.25) is 0 Å². The Morgan fingerprint density at radius 2 is 1.96 bits per heavy atom. The molecule has 0 spiro atoms. The summed E-state index contributed by atoms with van der Waals surface area (Å²) in [5.41, 5.74) is 2.63. The van der Waals surface area contributed by atoms with Crippen molar-refractivity contribution in [1.29, 1.82) is 0 Å². The average molecular weight is 419 g/mol. The number of rotatable bonds is 5.